The second-order valence-corrected chi connectivity index (χ2v) is 6.32. The number of fused-ring (bicyclic) bond motifs is 1. The third-order valence-corrected chi connectivity index (χ3v) is 4.77. The van der Waals surface area contributed by atoms with Crippen molar-refractivity contribution in [2.45, 2.75) is 13.0 Å². The molecule has 23 heavy (non-hydrogen) atoms. The predicted octanol–water partition coefficient (Wildman–Crippen LogP) is 3.86. The van der Waals surface area contributed by atoms with Gasteiger partial charge in [0.15, 0.2) is 5.78 Å². The summed E-state index contributed by atoms with van der Waals surface area (Å²) in [5.74, 6) is -0.179. The summed E-state index contributed by atoms with van der Waals surface area (Å²) in [5, 5.41) is 9.08. The molecule has 0 spiro atoms. The fourth-order valence-corrected chi connectivity index (χ4v) is 3.56. The highest BCUT2D eigenvalue weighted by atomic mass is 35.5. The first-order chi connectivity index (χ1) is 11.1. The summed E-state index contributed by atoms with van der Waals surface area (Å²) < 4.78 is 2.29. The van der Waals surface area contributed by atoms with E-state index in [-0.39, 0.29) is 17.1 Å². The van der Waals surface area contributed by atoms with Gasteiger partial charge in [0.2, 0.25) is 0 Å². The molecule has 3 aromatic rings. The number of nitriles is 1. The molecule has 0 N–H and O–H groups in total. The van der Waals surface area contributed by atoms with E-state index in [9.17, 15) is 9.59 Å². The predicted molar refractivity (Wildman–Crippen MR) is 91.2 cm³/mol. The van der Waals surface area contributed by atoms with E-state index in [0.717, 1.165) is 21.6 Å². The van der Waals surface area contributed by atoms with Gasteiger partial charge in [-0.15, -0.1) is 0 Å². The van der Waals surface area contributed by atoms with Crippen molar-refractivity contribution in [1.29, 1.82) is 5.26 Å². The van der Waals surface area contributed by atoms with Crippen molar-refractivity contribution < 1.29 is 4.79 Å². The Balaban J connectivity index is 2.05. The summed E-state index contributed by atoms with van der Waals surface area (Å²) in [5.41, 5.74) is 1.66. The molecule has 0 bridgehead atoms. The molecule has 0 aliphatic rings. The summed E-state index contributed by atoms with van der Waals surface area (Å²) in [7, 11) is 0. The first kappa shape index (κ1) is 15.5. The SMILES string of the molecule is N#CCCn1c(=O)sc2cc(C(=O)c3ccccc3Cl)ccc21. The Hall–Kier alpha value is -2.42. The molecule has 0 aliphatic heterocycles. The monoisotopic (exact) mass is 342 g/mol. The Morgan fingerprint density at radius 1 is 1.26 bits per heavy atom. The van der Waals surface area contributed by atoms with Gasteiger partial charge < -0.3 is 0 Å². The first-order valence-electron chi connectivity index (χ1n) is 6.91. The number of aromatic nitrogens is 1. The quantitative estimate of drug-likeness (QED) is 0.676. The summed E-state index contributed by atoms with van der Waals surface area (Å²) in [6.45, 7) is 0.354. The molecule has 0 fully saturated rings. The molecule has 3 rings (SSSR count). The standard InChI is InChI=1S/C17H11ClN2O2S/c18-13-5-2-1-4-12(13)16(21)11-6-7-14-15(10-11)23-17(22)20(14)9-3-8-19/h1-2,4-7,10H,3,9H2. The molecular weight excluding hydrogens is 332 g/mol. The molecule has 2 aromatic carbocycles. The number of halogens is 1. The smallest absolute Gasteiger partial charge is 0.298 e. The van der Waals surface area contributed by atoms with E-state index in [0.29, 0.717) is 22.7 Å². The maximum atomic E-state index is 12.6. The highest BCUT2D eigenvalue weighted by Crippen LogP contribution is 2.23. The summed E-state index contributed by atoms with van der Waals surface area (Å²) >= 11 is 7.14. The summed E-state index contributed by atoms with van der Waals surface area (Å²) in [4.78, 5) is 24.5. The zero-order chi connectivity index (χ0) is 16.4. The van der Waals surface area contributed by atoms with Gasteiger partial charge >= 0.3 is 4.87 Å². The van der Waals surface area contributed by atoms with Gasteiger partial charge in [-0.3, -0.25) is 14.2 Å². The number of benzene rings is 2. The minimum atomic E-state index is -0.179. The topological polar surface area (TPSA) is 62.9 Å². The Bertz CT molecular complexity index is 998. The van der Waals surface area contributed by atoms with Crippen LogP contribution in [0, 0.1) is 11.3 Å². The van der Waals surface area contributed by atoms with Crippen molar-refractivity contribution in [2.75, 3.05) is 0 Å². The Kier molecular flexibility index (Phi) is 4.28. The maximum Gasteiger partial charge on any atom is 0.308 e. The van der Waals surface area contributed by atoms with Crippen molar-refractivity contribution >= 4 is 38.9 Å². The van der Waals surface area contributed by atoms with Crippen LogP contribution in [-0.4, -0.2) is 10.4 Å². The average molecular weight is 343 g/mol. The Morgan fingerprint density at radius 2 is 2.04 bits per heavy atom. The van der Waals surface area contributed by atoms with Gasteiger partial charge in [-0.05, 0) is 30.3 Å². The van der Waals surface area contributed by atoms with Crippen molar-refractivity contribution in [2.24, 2.45) is 0 Å². The van der Waals surface area contributed by atoms with Gasteiger partial charge in [0.1, 0.15) is 0 Å². The van der Waals surface area contributed by atoms with Gasteiger partial charge in [0.05, 0.1) is 27.7 Å². The molecule has 0 aliphatic carbocycles. The lowest BCUT2D eigenvalue weighted by Crippen LogP contribution is -2.12. The van der Waals surface area contributed by atoms with Gasteiger partial charge in [-0.1, -0.05) is 35.1 Å². The second-order valence-electron chi connectivity index (χ2n) is 4.92. The minimum Gasteiger partial charge on any atom is -0.298 e. The van der Waals surface area contributed by atoms with Crippen LogP contribution in [0.15, 0.2) is 47.3 Å². The van der Waals surface area contributed by atoms with E-state index in [2.05, 4.69) is 0 Å². The van der Waals surface area contributed by atoms with Crippen LogP contribution >= 0.6 is 22.9 Å². The molecule has 1 heterocycles. The largest absolute Gasteiger partial charge is 0.308 e. The average Bonchev–Trinajstić information content (AvgIpc) is 2.87. The number of nitrogens with zero attached hydrogens (tertiary/aromatic N) is 2. The summed E-state index contributed by atoms with van der Waals surface area (Å²) in [6.07, 6.45) is 0.270. The fourth-order valence-electron chi connectivity index (χ4n) is 2.38. The first-order valence-corrected chi connectivity index (χ1v) is 8.11. The number of carbonyl (C=O) groups excluding carboxylic acids is 1. The molecule has 0 saturated carbocycles. The second kappa shape index (κ2) is 6.37. The molecule has 0 amide bonds. The molecule has 6 heteroatoms. The zero-order valence-corrected chi connectivity index (χ0v) is 13.5. The number of rotatable bonds is 4. The molecule has 4 nitrogen and oxygen atoms in total. The third-order valence-electron chi connectivity index (χ3n) is 3.50. The van der Waals surface area contributed by atoms with Crippen LogP contribution in [0.4, 0.5) is 0 Å². The van der Waals surface area contributed by atoms with E-state index in [1.165, 1.54) is 0 Å². The van der Waals surface area contributed by atoms with Crippen LogP contribution < -0.4 is 4.87 Å². The number of hydrogen-bond donors (Lipinski definition) is 0. The minimum absolute atomic E-state index is 0.127. The van der Waals surface area contributed by atoms with Gasteiger partial charge in [-0.25, -0.2) is 0 Å². The molecule has 0 unspecified atom stereocenters. The van der Waals surface area contributed by atoms with Crippen molar-refractivity contribution in [3.63, 3.8) is 0 Å². The molecule has 0 saturated heterocycles. The van der Waals surface area contributed by atoms with E-state index < -0.39 is 0 Å². The molecular formula is C17H11ClN2O2S. The lowest BCUT2D eigenvalue weighted by molar-refractivity contribution is 0.103. The van der Waals surface area contributed by atoms with E-state index in [1.54, 1.807) is 47.0 Å². The third kappa shape index (κ3) is 2.91. The van der Waals surface area contributed by atoms with Crippen LogP contribution in [0.25, 0.3) is 10.2 Å². The highest BCUT2D eigenvalue weighted by molar-refractivity contribution is 7.16. The Labute approximate surface area is 141 Å². The van der Waals surface area contributed by atoms with Crippen molar-refractivity contribution in [3.05, 3.63) is 68.3 Å². The van der Waals surface area contributed by atoms with Gasteiger partial charge in [0.25, 0.3) is 0 Å². The van der Waals surface area contributed by atoms with Gasteiger partial charge in [0, 0.05) is 17.7 Å². The lowest BCUT2D eigenvalue weighted by Gasteiger charge is -2.04. The highest BCUT2D eigenvalue weighted by Gasteiger charge is 2.15. The molecule has 0 radical (unpaired) electrons. The normalized spacial score (nSPS) is 10.6. The van der Waals surface area contributed by atoms with Crippen molar-refractivity contribution in [3.8, 4) is 6.07 Å². The van der Waals surface area contributed by atoms with Crippen LogP contribution in [0.5, 0.6) is 0 Å². The number of hydrogen-bond acceptors (Lipinski definition) is 4. The number of carbonyl (C=O) groups is 1. The van der Waals surface area contributed by atoms with E-state index >= 15 is 0 Å². The van der Waals surface area contributed by atoms with Crippen LogP contribution in [0.2, 0.25) is 5.02 Å². The summed E-state index contributed by atoms with van der Waals surface area (Å²) in [6, 6.07) is 14.0. The van der Waals surface area contributed by atoms with E-state index in [4.69, 9.17) is 16.9 Å². The number of thiazole rings is 1. The lowest BCUT2D eigenvalue weighted by atomic mass is 10.0. The van der Waals surface area contributed by atoms with E-state index in [1.807, 2.05) is 6.07 Å². The van der Waals surface area contributed by atoms with Crippen LogP contribution in [0.1, 0.15) is 22.3 Å². The maximum absolute atomic E-state index is 12.6. The Morgan fingerprint density at radius 3 is 2.78 bits per heavy atom. The fraction of sp³-hybridized carbons (Fsp3) is 0.118. The number of aryl methyl sites for hydroxylation is 1. The molecule has 114 valence electrons. The van der Waals surface area contributed by atoms with Crippen molar-refractivity contribution in [1.82, 2.24) is 4.57 Å². The van der Waals surface area contributed by atoms with Crippen LogP contribution in [-0.2, 0) is 6.54 Å². The van der Waals surface area contributed by atoms with Gasteiger partial charge in [-0.2, -0.15) is 5.26 Å². The number of ketones is 1. The molecule has 1 aromatic heterocycles. The molecule has 0 atom stereocenters. The van der Waals surface area contributed by atoms with Crippen LogP contribution in [0.3, 0.4) is 0 Å². The zero-order valence-electron chi connectivity index (χ0n) is 12.0.